The fourth-order valence-electron chi connectivity index (χ4n) is 1.41. The number of rotatable bonds is 2. The molecule has 1 aromatic carbocycles. The molecular weight excluding hydrogens is 206 g/mol. The number of pyridine rings is 1. The molecule has 0 aliphatic heterocycles. The molecule has 0 fully saturated rings. The molecule has 2 aromatic rings. The summed E-state index contributed by atoms with van der Waals surface area (Å²) in [5, 5.41) is 1.08. The number of hydrogen-bond donors (Lipinski definition) is 1. The van der Waals surface area contributed by atoms with Crippen LogP contribution in [-0.4, -0.2) is 9.92 Å². The van der Waals surface area contributed by atoms with Crippen molar-refractivity contribution in [3.8, 4) is 5.75 Å². The van der Waals surface area contributed by atoms with Gasteiger partial charge in [0.2, 0.25) is 0 Å². The first-order valence-electron chi connectivity index (χ1n) is 4.81. The van der Waals surface area contributed by atoms with Crippen LogP contribution in [0.25, 0.3) is 10.9 Å². The lowest BCUT2D eigenvalue weighted by Gasteiger charge is -2.20. The van der Waals surface area contributed by atoms with Crippen LogP contribution in [0.5, 0.6) is 5.75 Å². The fraction of sp³-hybridized carbons (Fsp3) is 0.250. The van der Waals surface area contributed by atoms with Gasteiger partial charge in [-0.25, -0.2) is 0 Å². The van der Waals surface area contributed by atoms with Crippen molar-refractivity contribution in [2.75, 3.05) is 0 Å². The van der Waals surface area contributed by atoms with E-state index in [0.717, 1.165) is 16.7 Å². The van der Waals surface area contributed by atoms with Crippen LogP contribution in [0.3, 0.4) is 0 Å². The predicted octanol–water partition coefficient (Wildman–Crippen LogP) is 3.28. The molecule has 0 unspecified atom stereocenters. The molecule has 0 aliphatic rings. The van der Waals surface area contributed by atoms with Crippen molar-refractivity contribution < 1.29 is 4.74 Å². The minimum absolute atomic E-state index is 0.462. The molecule has 0 aliphatic carbocycles. The van der Waals surface area contributed by atoms with Crippen molar-refractivity contribution in [2.45, 2.75) is 18.8 Å². The van der Waals surface area contributed by atoms with Crippen LogP contribution in [0.2, 0.25) is 0 Å². The van der Waals surface area contributed by atoms with Crippen molar-refractivity contribution in [2.24, 2.45) is 0 Å². The van der Waals surface area contributed by atoms with E-state index in [0.29, 0.717) is 0 Å². The Hall–Kier alpha value is -1.22. The SMILES string of the molecule is CC(C)(S)Oc1ccc2ncccc2c1. The van der Waals surface area contributed by atoms with Crippen LogP contribution in [0, 0.1) is 0 Å². The van der Waals surface area contributed by atoms with E-state index < -0.39 is 4.93 Å². The largest absolute Gasteiger partial charge is 0.477 e. The first-order valence-corrected chi connectivity index (χ1v) is 5.25. The summed E-state index contributed by atoms with van der Waals surface area (Å²) in [5.74, 6) is 0.815. The summed E-state index contributed by atoms with van der Waals surface area (Å²) < 4.78 is 5.65. The molecule has 0 spiro atoms. The van der Waals surface area contributed by atoms with Crippen molar-refractivity contribution in [1.82, 2.24) is 4.98 Å². The van der Waals surface area contributed by atoms with Gasteiger partial charge in [-0.15, -0.1) is 12.6 Å². The molecular formula is C12H13NOS. The van der Waals surface area contributed by atoms with Gasteiger partial charge in [0, 0.05) is 11.6 Å². The molecule has 1 heterocycles. The van der Waals surface area contributed by atoms with E-state index in [4.69, 9.17) is 4.74 Å². The standard InChI is InChI=1S/C12H13NOS/c1-12(2,15)14-10-5-6-11-9(8-10)4-3-7-13-11/h3-8,15H,1-2H3. The van der Waals surface area contributed by atoms with E-state index in [1.54, 1.807) is 6.20 Å². The first-order chi connectivity index (χ1) is 7.04. The van der Waals surface area contributed by atoms with Crippen LogP contribution >= 0.6 is 12.6 Å². The first kappa shape index (κ1) is 10.3. The number of nitrogens with zero attached hydrogens (tertiary/aromatic N) is 1. The van der Waals surface area contributed by atoms with E-state index in [2.05, 4.69) is 17.6 Å². The van der Waals surface area contributed by atoms with Gasteiger partial charge in [0.05, 0.1) is 5.52 Å². The Kier molecular flexibility index (Phi) is 2.57. The number of thiol groups is 1. The Balaban J connectivity index is 2.39. The summed E-state index contributed by atoms with van der Waals surface area (Å²) in [6.07, 6.45) is 1.78. The number of aromatic nitrogens is 1. The molecule has 0 saturated heterocycles. The van der Waals surface area contributed by atoms with Gasteiger partial charge in [0.15, 0.2) is 0 Å². The molecule has 78 valence electrons. The molecule has 15 heavy (non-hydrogen) atoms. The van der Waals surface area contributed by atoms with Crippen LogP contribution in [0.4, 0.5) is 0 Å². The van der Waals surface area contributed by atoms with Crippen LogP contribution in [-0.2, 0) is 0 Å². The quantitative estimate of drug-likeness (QED) is 0.618. The lowest BCUT2D eigenvalue weighted by Crippen LogP contribution is -2.19. The Morgan fingerprint density at radius 1 is 1.27 bits per heavy atom. The zero-order chi connectivity index (χ0) is 10.9. The van der Waals surface area contributed by atoms with E-state index in [1.807, 2.05) is 44.2 Å². The van der Waals surface area contributed by atoms with E-state index in [9.17, 15) is 0 Å². The normalized spacial score (nSPS) is 11.7. The smallest absolute Gasteiger partial charge is 0.146 e. The third kappa shape index (κ3) is 2.63. The van der Waals surface area contributed by atoms with Crippen LogP contribution < -0.4 is 4.74 Å². The van der Waals surface area contributed by atoms with Gasteiger partial charge in [-0.2, -0.15) is 0 Å². The molecule has 2 nitrogen and oxygen atoms in total. The maximum Gasteiger partial charge on any atom is 0.146 e. The van der Waals surface area contributed by atoms with Gasteiger partial charge in [-0.1, -0.05) is 6.07 Å². The molecule has 0 N–H and O–H groups in total. The predicted molar refractivity (Wildman–Crippen MR) is 65.4 cm³/mol. The van der Waals surface area contributed by atoms with Gasteiger partial charge in [0.25, 0.3) is 0 Å². The summed E-state index contributed by atoms with van der Waals surface area (Å²) in [7, 11) is 0. The average Bonchev–Trinajstić information content (AvgIpc) is 2.15. The summed E-state index contributed by atoms with van der Waals surface area (Å²) >= 11 is 4.32. The van der Waals surface area contributed by atoms with Gasteiger partial charge in [-0.05, 0) is 38.1 Å². The molecule has 0 atom stereocenters. The minimum Gasteiger partial charge on any atom is -0.477 e. The molecule has 2 rings (SSSR count). The van der Waals surface area contributed by atoms with Gasteiger partial charge in [0.1, 0.15) is 10.7 Å². The van der Waals surface area contributed by atoms with Gasteiger partial charge in [-0.3, -0.25) is 4.98 Å². The van der Waals surface area contributed by atoms with Crippen molar-refractivity contribution >= 4 is 23.5 Å². The lowest BCUT2D eigenvalue weighted by atomic mass is 10.2. The minimum atomic E-state index is -0.462. The van der Waals surface area contributed by atoms with Gasteiger partial charge >= 0.3 is 0 Å². The van der Waals surface area contributed by atoms with Crippen LogP contribution in [0.15, 0.2) is 36.5 Å². The molecule has 0 saturated carbocycles. The second-order valence-corrected chi connectivity index (χ2v) is 4.98. The topological polar surface area (TPSA) is 22.1 Å². The Labute approximate surface area is 94.7 Å². The van der Waals surface area contributed by atoms with E-state index >= 15 is 0 Å². The number of hydrogen-bond acceptors (Lipinski definition) is 3. The molecule has 0 bridgehead atoms. The third-order valence-corrected chi connectivity index (χ3v) is 2.03. The van der Waals surface area contributed by atoms with E-state index in [-0.39, 0.29) is 0 Å². The highest BCUT2D eigenvalue weighted by molar-refractivity contribution is 7.81. The van der Waals surface area contributed by atoms with Crippen molar-refractivity contribution in [3.63, 3.8) is 0 Å². The summed E-state index contributed by atoms with van der Waals surface area (Å²) in [5.41, 5.74) is 0.974. The summed E-state index contributed by atoms with van der Waals surface area (Å²) in [6, 6.07) is 9.76. The zero-order valence-electron chi connectivity index (χ0n) is 8.77. The second kappa shape index (κ2) is 3.74. The lowest BCUT2D eigenvalue weighted by molar-refractivity contribution is 0.210. The average molecular weight is 219 g/mol. The summed E-state index contributed by atoms with van der Waals surface area (Å²) in [6.45, 7) is 3.81. The maximum absolute atomic E-state index is 5.65. The van der Waals surface area contributed by atoms with Gasteiger partial charge < -0.3 is 4.74 Å². The van der Waals surface area contributed by atoms with E-state index in [1.165, 1.54) is 0 Å². The van der Waals surface area contributed by atoms with Crippen LogP contribution in [0.1, 0.15) is 13.8 Å². The second-order valence-electron chi connectivity index (χ2n) is 3.91. The van der Waals surface area contributed by atoms with Crippen molar-refractivity contribution in [3.05, 3.63) is 36.5 Å². The zero-order valence-corrected chi connectivity index (χ0v) is 9.66. The summed E-state index contributed by atoms with van der Waals surface area (Å²) in [4.78, 5) is 3.78. The Morgan fingerprint density at radius 2 is 2.07 bits per heavy atom. The highest BCUT2D eigenvalue weighted by Gasteiger charge is 2.12. The molecule has 3 heteroatoms. The highest BCUT2D eigenvalue weighted by Crippen LogP contribution is 2.24. The maximum atomic E-state index is 5.65. The molecule has 0 radical (unpaired) electrons. The number of fused-ring (bicyclic) bond motifs is 1. The molecule has 1 aromatic heterocycles. The van der Waals surface area contributed by atoms with Crippen molar-refractivity contribution in [1.29, 1.82) is 0 Å². The molecule has 0 amide bonds. The number of ether oxygens (including phenoxy) is 1. The Bertz CT molecular complexity index is 476. The highest BCUT2D eigenvalue weighted by atomic mass is 32.1. The number of benzene rings is 1. The monoisotopic (exact) mass is 219 g/mol. The Morgan fingerprint density at radius 3 is 2.80 bits per heavy atom. The fourth-order valence-corrected chi connectivity index (χ4v) is 1.51. The third-order valence-electron chi connectivity index (χ3n) is 1.94.